The first-order valence-corrected chi connectivity index (χ1v) is 8.17. The van der Waals surface area contributed by atoms with Gasteiger partial charge in [0.1, 0.15) is 0 Å². The maximum atomic E-state index is 12.5. The Bertz CT molecular complexity index is 662. The van der Waals surface area contributed by atoms with Gasteiger partial charge >= 0.3 is 0 Å². The molecule has 1 heterocycles. The average molecular weight is 335 g/mol. The van der Waals surface area contributed by atoms with Crippen molar-refractivity contribution in [3.05, 3.63) is 33.3 Å². The number of rotatable bonds is 4. The van der Waals surface area contributed by atoms with Gasteiger partial charge in [-0.1, -0.05) is 11.6 Å². The number of nitro groups is 1. The van der Waals surface area contributed by atoms with E-state index >= 15 is 0 Å². The number of nitro benzene ring substituents is 1. The number of sulfonamides is 1. The molecular weight excluding hydrogens is 320 g/mol. The Morgan fingerprint density at radius 1 is 1.52 bits per heavy atom. The van der Waals surface area contributed by atoms with Gasteiger partial charge in [-0.15, -0.1) is 0 Å². The second-order valence-electron chi connectivity index (χ2n) is 5.02. The minimum atomic E-state index is -3.98. The summed E-state index contributed by atoms with van der Waals surface area (Å²) in [6, 6.07) is 3.48. The SMILES string of the molecule is CC(O)C1CCN(S(=O)(=O)c2ccc(Cl)cc2[N+](=O)[O-])C1. The Hall–Kier alpha value is -1.22. The fraction of sp³-hybridized carbons (Fsp3) is 0.500. The highest BCUT2D eigenvalue weighted by molar-refractivity contribution is 7.89. The molecule has 7 nitrogen and oxygen atoms in total. The summed E-state index contributed by atoms with van der Waals surface area (Å²) < 4.78 is 26.2. The summed E-state index contributed by atoms with van der Waals surface area (Å²) >= 11 is 5.69. The summed E-state index contributed by atoms with van der Waals surface area (Å²) in [5.74, 6) is -0.161. The molecule has 1 aromatic carbocycles. The van der Waals surface area contributed by atoms with Crippen LogP contribution in [-0.4, -0.2) is 41.9 Å². The van der Waals surface area contributed by atoms with Gasteiger partial charge in [0.2, 0.25) is 10.0 Å². The first-order chi connectivity index (χ1) is 9.73. The van der Waals surface area contributed by atoms with Crippen LogP contribution in [-0.2, 0) is 10.0 Å². The third-order valence-electron chi connectivity index (χ3n) is 3.61. The molecule has 21 heavy (non-hydrogen) atoms. The summed E-state index contributed by atoms with van der Waals surface area (Å²) in [6.45, 7) is 1.99. The van der Waals surface area contributed by atoms with Crippen molar-refractivity contribution < 1.29 is 18.4 Å². The molecule has 116 valence electrons. The normalized spacial score (nSPS) is 21.4. The number of halogens is 1. The molecule has 1 aliphatic heterocycles. The molecule has 0 spiro atoms. The highest BCUT2D eigenvalue weighted by Crippen LogP contribution is 2.32. The minimum Gasteiger partial charge on any atom is -0.393 e. The molecule has 0 bridgehead atoms. The maximum Gasteiger partial charge on any atom is 0.290 e. The quantitative estimate of drug-likeness (QED) is 0.666. The molecule has 2 atom stereocenters. The molecule has 1 aliphatic rings. The van der Waals surface area contributed by atoms with Crippen molar-refractivity contribution >= 4 is 27.3 Å². The van der Waals surface area contributed by atoms with Gasteiger partial charge < -0.3 is 5.11 Å². The highest BCUT2D eigenvalue weighted by Gasteiger charge is 2.37. The van der Waals surface area contributed by atoms with E-state index < -0.39 is 26.7 Å². The minimum absolute atomic E-state index is 0.101. The molecule has 0 aromatic heterocycles. The Morgan fingerprint density at radius 3 is 2.71 bits per heavy atom. The summed E-state index contributed by atoms with van der Waals surface area (Å²) in [7, 11) is -3.98. The van der Waals surface area contributed by atoms with Crippen LogP contribution in [0, 0.1) is 16.0 Å². The Balaban J connectivity index is 2.39. The first kappa shape index (κ1) is 16.2. The molecule has 1 saturated heterocycles. The van der Waals surface area contributed by atoms with Crippen LogP contribution in [0.4, 0.5) is 5.69 Å². The number of aliphatic hydroxyl groups is 1. The number of benzene rings is 1. The largest absolute Gasteiger partial charge is 0.393 e. The number of hydrogen-bond donors (Lipinski definition) is 1. The van der Waals surface area contributed by atoms with Crippen LogP contribution in [0.25, 0.3) is 0 Å². The highest BCUT2D eigenvalue weighted by atomic mass is 35.5. The van der Waals surface area contributed by atoms with Crippen LogP contribution in [0.5, 0.6) is 0 Å². The Kier molecular flexibility index (Phi) is 4.52. The van der Waals surface area contributed by atoms with Crippen LogP contribution in [0.15, 0.2) is 23.1 Å². The molecule has 0 radical (unpaired) electrons. The molecule has 9 heteroatoms. The predicted octanol–water partition coefficient (Wildman–Crippen LogP) is 1.64. The molecule has 1 aromatic rings. The van der Waals surface area contributed by atoms with Crippen molar-refractivity contribution in [3.63, 3.8) is 0 Å². The van der Waals surface area contributed by atoms with Gasteiger partial charge in [0.25, 0.3) is 5.69 Å². The smallest absolute Gasteiger partial charge is 0.290 e. The molecule has 2 unspecified atom stereocenters. The van der Waals surface area contributed by atoms with Gasteiger partial charge in [0.05, 0.1) is 11.0 Å². The zero-order chi connectivity index (χ0) is 15.8. The van der Waals surface area contributed by atoms with Crippen molar-refractivity contribution in [3.8, 4) is 0 Å². The van der Waals surface area contributed by atoms with Crippen molar-refractivity contribution in [2.24, 2.45) is 5.92 Å². The third-order valence-corrected chi connectivity index (χ3v) is 5.75. The van der Waals surface area contributed by atoms with E-state index in [4.69, 9.17) is 11.6 Å². The molecular formula is C12H15ClN2O5S. The van der Waals surface area contributed by atoms with Crippen LogP contribution in [0.1, 0.15) is 13.3 Å². The van der Waals surface area contributed by atoms with Crippen molar-refractivity contribution in [1.82, 2.24) is 4.31 Å². The summed E-state index contributed by atoms with van der Waals surface area (Å²) in [5.41, 5.74) is -0.539. The fourth-order valence-electron chi connectivity index (χ4n) is 2.36. The van der Waals surface area contributed by atoms with E-state index in [0.717, 1.165) is 12.1 Å². The lowest BCUT2D eigenvalue weighted by Crippen LogP contribution is -2.31. The number of aliphatic hydroxyl groups excluding tert-OH is 1. The Labute approximate surface area is 127 Å². The first-order valence-electron chi connectivity index (χ1n) is 6.35. The van der Waals surface area contributed by atoms with E-state index in [2.05, 4.69) is 0 Å². The van der Waals surface area contributed by atoms with E-state index in [1.165, 1.54) is 10.4 Å². The molecule has 0 aliphatic carbocycles. The number of nitrogens with zero attached hydrogens (tertiary/aromatic N) is 2. The molecule has 0 amide bonds. The van der Waals surface area contributed by atoms with Gasteiger partial charge in [-0.25, -0.2) is 8.42 Å². The van der Waals surface area contributed by atoms with Crippen LogP contribution in [0.3, 0.4) is 0 Å². The summed E-state index contributed by atoms with van der Waals surface area (Å²) in [4.78, 5) is 9.90. The zero-order valence-corrected chi connectivity index (χ0v) is 12.8. The standard InChI is InChI=1S/C12H15ClN2O5S/c1-8(16)9-4-5-14(7-9)21(19,20)12-3-2-10(13)6-11(12)15(17)18/h2-3,6,8-9,16H,4-5,7H2,1H3. The Morgan fingerprint density at radius 2 is 2.19 bits per heavy atom. The second kappa shape index (κ2) is 5.88. The monoisotopic (exact) mass is 334 g/mol. The summed E-state index contributed by atoms with van der Waals surface area (Å²) in [5, 5.41) is 20.7. The molecule has 2 rings (SSSR count). The van der Waals surface area contributed by atoms with E-state index in [9.17, 15) is 23.6 Å². The lowest BCUT2D eigenvalue weighted by atomic mass is 10.0. The van der Waals surface area contributed by atoms with Crippen LogP contribution in [0.2, 0.25) is 5.02 Å². The fourth-order valence-corrected chi connectivity index (χ4v) is 4.17. The molecule has 0 saturated carbocycles. The lowest BCUT2D eigenvalue weighted by Gasteiger charge is -2.17. The number of hydrogen-bond acceptors (Lipinski definition) is 5. The van der Waals surface area contributed by atoms with Crippen LogP contribution < -0.4 is 0 Å². The van der Waals surface area contributed by atoms with E-state index in [1.54, 1.807) is 6.92 Å². The third kappa shape index (κ3) is 3.18. The van der Waals surface area contributed by atoms with E-state index in [-0.39, 0.29) is 28.9 Å². The molecule has 1 fully saturated rings. The summed E-state index contributed by atoms with van der Waals surface area (Å²) in [6.07, 6.45) is -0.0939. The van der Waals surface area contributed by atoms with E-state index in [1.807, 2.05) is 0 Å². The molecule has 1 N–H and O–H groups in total. The van der Waals surface area contributed by atoms with E-state index in [0.29, 0.717) is 6.42 Å². The maximum absolute atomic E-state index is 12.5. The second-order valence-corrected chi connectivity index (χ2v) is 7.36. The zero-order valence-electron chi connectivity index (χ0n) is 11.3. The van der Waals surface area contributed by atoms with Crippen molar-refractivity contribution in [2.45, 2.75) is 24.3 Å². The van der Waals surface area contributed by atoms with Crippen LogP contribution >= 0.6 is 11.6 Å². The van der Waals surface area contributed by atoms with Crippen molar-refractivity contribution in [1.29, 1.82) is 0 Å². The van der Waals surface area contributed by atoms with Gasteiger partial charge in [-0.2, -0.15) is 4.31 Å². The van der Waals surface area contributed by atoms with Crippen molar-refractivity contribution in [2.75, 3.05) is 13.1 Å². The van der Waals surface area contributed by atoms with Gasteiger partial charge in [-0.3, -0.25) is 10.1 Å². The van der Waals surface area contributed by atoms with Gasteiger partial charge in [0, 0.05) is 24.2 Å². The topological polar surface area (TPSA) is 101 Å². The average Bonchev–Trinajstić information content (AvgIpc) is 2.88. The van der Waals surface area contributed by atoms with Gasteiger partial charge in [-0.05, 0) is 31.4 Å². The lowest BCUT2D eigenvalue weighted by molar-refractivity contribution is -0.387. The van der Waals surface area contributed by atoms with Gasteiger partial charge in [0.15, 0.2) is 4.90 Å². The predicted molar refractivity (Wildman–Crippen MR) is 76.7 cm³/mol.